The zero-order valence-electron chi connectivity index (χ0n) is 12.7. The van der Waals surface area contributed by atoms with E-state index in [-0.39, 0.29) is 18.3 Å². The summed E-state index contributed by atoms with van der Waals surface area (Å²) in [6.07, 6.45) is 9.10. The molecular formula is C15H24BrClN4O. The van der Waals surface area contributed by atoms with Crippen LogP contribution in [0.5, 0.6) is 0 Å². The Morgan fingerprint density at radius 3 is 2.64 bits per heavy atom. The van der Waals surface area contributed by atoms with Crippen LogP contribution in [-0.4, -0.2) is 40.2 Å². The summed E-state index contributed by atoms with van der Waals surface area (Å²) in [6.45, 7) is 2.33. The molecule has 2 atom stereocenters. The molecule has 2 aliphatic rings. The van der Waals surface area contributed by atoms with E-state index in [1.54, 1.807) is 0 Å². The molecule has 3 rings (SSSR count). The van der Waals surface area contributed by atoms with Crippen molar-refractivity contribution >= 4 is 34.2 Å². The number of nitrogens with zero attached hydrogens (tertiary/aromatic N) is 3. The fourth-order valence-corrected chi connectivity index (χ4v) is 4.05. The second-order valence-corrected chi connectivity index (χ2v) is 7.14. The summed E-state index contributed by atoms with van der Waals surface area (Å²) < 4.78 is 3.03. The molecule has 2 heterocycles. The third kappa shape index (κ3) is 3.66. The number of rotatable bonds is 3. The zero-order chi connectivity index (χ0) is 14.8. The van der Waals surface area contributed by atoms with Gasteiger partial charge in [-0.05, 0) is 54.1 Å². The molecule has 1 aliphatic carbocycles. The zero-order valence-corrected chi connectivity index (χ0v) is 15.1. The Morgan fingerprint density at radius 1 is 1.32 bits per heavy atom. The second-order valence-electron chi connectivity index (χ2n) is 6.23. The molecule has 1 saturated carbocycles. The molecule has 2 N–H and O–H groups in total. The van der Waals surface area contributed by atoms with Gasteiger partial charge < -0.3 is 10.6 Å². The van der Waals surface area contributed by atoms with Gasteiger partial charge in [0.1, 0.15) is 0 Å². The lowest BCUT2D eigenvalue weighted by Gasteiger charge is -2.34. The summed E-state index contributed by atoms with van der Waals surface area (Å²) in [4.78, 5) is 14.7. The van der Waals surface area contributed by atoms with Crippen LogP contribution in [0, 0.1) is 11.8 Å². The highest BCUT2D eigenvalue weighted by molar-refractivity contribution is 9.10. The van der Waals surface area contributed by atoms with E-state index in [9.17, 15) is 4.79 Å². The number of nitrogens with two attached hydrogens (primary N) is 1. The minimum Gasteiger partial charge on any atom is -0.342 e. The highest BCUT2D eigenvalue weighted by Gasteiger charge is 2.36. The standard InChI is InChI=1S/C15H23BrN4O.ClH/c16-12-9-18-20(10-12)13-4-6-19(7-5-13)15(21)14-3-1-2-11(14)8-17;/h9-11,13-14H,1-8,17H2;1H/t11-,14-;/m1./s1. The summed E-state index contributed by atoms with van der Waals surface area (Å²) in [5.41, 5.74) is 5.81. The second kappa shape index (κ2) is 7.79. The summed E-state index contributed by atoms with van der Waals surface area (Å²) in [6, 6.07) is 0.411. The highest BCUT2D eigenvalue weighted by Crippen LogP contribution is 2.34. The molecule has 5 nitrogen and oxygen atoms in total. The molecule has 0 bridgehead atoms. The number of likely N-dealkylation sites (tertiary alicyclic amines) is 1. The Kier molecular flexibility index (Phi) is 6.29. The van der Waals surface area contributed by atoms with Gasteiger partial charge in [0.2, 0.25) is 5.91 Å². The lowest BCUT2D eigenvalue weighted by atomic mass is 9.93. The number of halogens is 2. The van der Waals surface area contributed by atoms with Gasteiger partial charge in [-0.15, -0.1) is 12.4 Å². The van der Waals surface area contributed by atoms with Crippen molar-refractivity contribution in [3.8, 4) is 0 Å². The number of piperidine rings is 1. The van der Waals surface area contributed by atoms with Crippen LogP contribution in [0.25, 0.3) is 0 Å². The van der Waals surface area contributed by atoms with E-state index in [0.717, 1.165) is 49.7 Å². The van der Waals surface area contributed by atoms with Gasteiger partial charge in [-0.3, -0.25) is 9.48 Å². The van der Waals surface area contributed by atoms with Crippen molar-refractivity contribution in [2.75, 3.05) is 19.6 Å². The molecule has 2 fully saturated rings. The van der Waals surface area contributed by atoms with E-state index < -0.39 is 0 Å². The lowest BCUT2D eigenvalue weighted by molar-refractivity contribution is -0.138. The van der Waals surface area contributed by atoms with Crippen LogP contribution >= 0.6 is 28.3 Å². The Labute approximate surface area is 146 Å². The monoisotopic (exact) mass is 390 g/mol. The number of amides is 1. The van der Waals surface area contributed by atoms with Crippen molar-refractivity contribution in [2.24, 2.45) is 17.6 Å². The van der Waals surface area contributed by atoms with Crippen LogP contribution in [0.15, 0.2) is 16.9 Å². The first-order chi connectivity index (χ1) is 10.2. The van der Waals surface area contributed by atoms with E-state index in [1.165, 1.54) is 0 Å². The SMILES string of the molecule is Cl.NC[C@H]1CCC[C@H]1C(=O)N1CCC(n2cc(Br)cn2)CC1. The number of hydrogen-bond acceptors (Lipinski definition) is 3. The molecule has 1 aliphatic heterocycles. The van der Waals surface area contributed by atoms with E-state index in [2.05, 4.69) is 21.0 Å². The van der Waals surface area contributed by atoms with Crippen molar-refractivity contribution < 1.29 is 4.79 Å². The van der Waals surface area contributed by atoms with E-state index in [4.69, 9.17) is 5.73 Å². The summed E-state index contributed by atoms with van der Waals surface area (Å²) in [5, 5.41) is 4.36. The average Bonchev–Trinajstić information content (AvgIpc) is 3.15. The first-order valence-electron chi connectivity index (χ1n) is 7.87. The molecule has 0 radical (unpaired) electrons. The molecule has 0 spiro atoms. The van der Waals surface area contributed by atoms with Gasteiger partial charge in [-0.25, -0.2) is 0 Å². The maximum Gasteiger partial charge on any atom is 0.226 e. The maximum atomic E-state index is 12.7. The molecule has 7 heteroatoms. The molecule has 22 heavy (non-hydrogen) atoms. The van der Waals surface area contributed by atoms with E-state index >= 15 is 0 Å². The quantitative estimate of drug-likeness (QED) is 0.861. The van der Waals surface area contributed by atoms with Crippen molar-refractivity contribution in [1.29, 1.82) is 0 Å². The number of aromatic nitrogens is 2. The van der Waals surface area contributed by atoms with Crippen LogP contribution in [0.4, 0.5) is 0 Å². The molecule has 0 aromatic carbocycles. The van der Waals surface area contributed by atoms with Gasteiger partial charge in [-0.1, -0.05) is 6.42 Å². The summed E-state index contributed by atoms with van der Waals surface area (Å²) in [5.74, 6) is 0.908. The minimum atomic E-state index is 0. The fourth-order valence-electron chi connectivity index (χ4n) is 3.74. The van der Waals surface area contributed by atoms with E-state index in [0.29, 0.717) is 24.4 Å². The Bertz CT molecular complexity index is 501. The van der Waals surface area contributed by atoms with Crippen LogP contribution in [0.2, 0.25) is 0 Å². The lowest BCUT2D eigenvalue weighted by Crippen LogP contribution is -2.43. The van der Waals surface area contributed by atoms with Gasteiger partial charge in [0, 0.05) is 25.2 Å². The van der Waals surface area contributed by atoms with Crippen LogP contribution < -0.4 is 5.73 Å². The van der Waals surface area contributed by atoms with Crippen LogP contribution in [0.1, 0.15) is 38.1 Å². The first-order valence-corrected chi connectivity index (χ1v) is 8.67. The average molecular weight is 392 g/mol. The smallest absolute Gasteiger partial charge is 0.226 e. The van der Waals surface area contributed by atoms with Gasteiger partial charge >= 0.3 is 0 Å². The topological polar surface area (TPSA) is 64.2 Å². The Morgan fingerprint density at radius 2 is 2.05 bits per heavy atom. The fraction of sp³-hybridized carbons (Fsp3) is 0.733. The van der Waals surface area contributed by atoms with Gasteiger partial charge in [0.15, 0.2) is 0 Å². The number of carbonyl (C=O) groups excluding carboxylic acids is 1. The van der Waals surface area contributed by atoms with Crippen molar-refractivity contribution in [3.63, 3.8) is 0 Å². The third-order valence-corrected chi connectivity index (χ3v) is 5.41. The van der Waals surface area contributed by atoms with Crippen molar-refractivity contribution in [3.05, 3.63) is 16.9 Å². The van der Waals surface area contributed by atoms with Crippen molar-refractivity contribution in [2.45, 2.75) is 38.1 Å². The molecule has 0 unspecified atom stereocenters. The predicted octanol–water partition coefficient (Wildman–Crippen LogP) is 2.61. The third-order valence-electron chi connectivity index (χ3n) is 5.00. The van der Waals surface area contributed by atoms with Gasteiger partial charge in [0.05, 0.1) is 16.7 Å². The Balaban J connectivity index is 0.00000176. The predicted molar refractivity (Wildman–Crippen MR) is 91.9 cm³/mol. The van der Waals surface area contributed by atoms with Crippen molar-refractivity contribution in [1.82, 2.24) is 14.7 Å². The minimum absolute atomic E-state index is 0. The van der Waals surface area contributed by atoms with Crippen LogP contribution in [0.3, 0.4) is 0 Å². The highest BCUT2D eigenvalue weighted by atomic mass is 79.9. The first kappa shape index (κ1) is 17.8. The molecule has 1 amide bonds. The molecule has 1 aromatic rings. The van der Waals surface area contributed by atoms with E-state index in [1.807, 2.05) is 22.0 Å². The number of hydrogen-bond donors (Lipinski definition) is 1. The molecular weight excluding hydrogens is 368 g/mol. The number of carbonyl (C=O) groups is 1. The van der Waals surface area contributed by atoms with Gasteiger partial charge in [0.25, 0.3) is 0 Å². The maximum absolute atomic E-state index is 12.7. The summed E-state index contributed by atoms with van der Waals surface area (Å²) in [7, 11) is 0. The largest absolute Gasteiger partial charge is 0.342 e. The normalized spacial score (nSPS) is 26.0. The van der Waals surface area contributed by atoms with Gasteiger partial charge in [-0.2, -0.15) is 5.10 Å². The molecule has 124 valence electrons. The summed E-state index contributed by atoms with van der Waals surface area (Å²) >= 11 is 3.43. The molecule has 1 aromatic heterocycles. The van der Waals surface area contributed by atoms with Crippen LogP contribution in [-0.2, 0) is 4.79 Å². The Hall–Kier alpha value is -0.590. The molecule has 1 saturated heterocycles.